The summed E-state index contributed by atoms with van der Waals surface area (Å²) in [6.45, 7) is 2.72. The van der Waals surface area contributed by atoms with Gasteiger partial charge >= 0.3 is 6.18 Å². The topological polar surface area (TPSA) is 81.6 Å². The van der Waals surface area contributed by atoms with Crippen LogP contribution < -0.4 is 10.2 Å². The maximum atomic E-state index is 13.1. The SMILES string of the molecule is C[C@@H]1C[C@@H](O)c2ncnc(N3CCN(C(NCC(F)(F)F)C(C=O)c4ccc(Cl)cc4)CC3)c21. The van der Waals surface area contributed by atoms with Crippen LogP contribution in [0.4, 0.5) is 19.0 Å². The Morgan fingerprint density at radius 1 is 1.21 bits per heavy atom. The number of nitrogens with zero attached hydrogens (tertiary/aromatic N) is 4. The number of nitrogens with one attached hydrogen (secondary N) is 1. The van der Waals surface area contributed by atoms with Crippen LogP contribution >= 0.6 is 11.6 Å². The van der Waals surface area contributed by atoms with E-state index in [1.165, 1.54) is 6.33 Å². The van der Waals surface area contributed by atoms with Gasteiger partial charge in [0.15, 0.2) is 0 Å². The fraction of sp³-hybridized carbons (Fsp3) is 0.522. The molecule has 7 nitrogen and oxygen atoms in total. The number of halogens is 4. The highest BCUT2D eigenvalue weighted by Crippen LogP contribution is 2.42. The summed E-state index contributed by atoms with van der Waals surface area (Å²) in [5.41, 5.74) is 2.17. The van der Waals surface area contributed by atoms with Crippen LogP contribution in [0.25, 0.3) is 0 Å². The molecule has 4 atom stereocenters. The first-order chi connectivity index (χ1) is 16.2. The van der Waals surface area contributed by atoms with E-state index in [1.54, 1.807) is 24.3 Å². The zero-order valence-electron chi connectivity index (χ0n) is 18.7. The molecule has 0 saturated carbocycles. The number of hydrogen-bond donors (Lipinski definition) is 2. The van der Waals surface area contributed by atoms with E-state index in [0.29, 0.717) is 55.2 Å². The number of carbonyl (C=O) groups is 1. The summed E-state index contributed by atoms with van der Waals surface area (Å²) in [6.07, 6.45) is -3.14. The number of aromatic nitrogens is 2. The van der Waals surface area contributed by atoms with Crippen molar-refractivity contribution in [2.24, 2.45) is 0 Å². The van der Waals surface area contributed by atoms with Gasteiger partial charge < -0.3 is 14.8 Å². The second-order valence-electron chi connectivity index (χ2n) is 8.83. The first kappa shape index (κ1) is 24.8. The molecule has 2 aliphatic rings. The standard InChI is InChI=1S/C23H27ClF3N5O2/c1-14-10-18(34)20-19(14)22(30-13-29-20)32-8-6-31(7-9-32)21(28-12-23(25,26)27)17(11-33)15-2-4-16(24)5-3-15/h2-5,11,13-14,17-18,21,28,34H,6-10,12H2,1H3/t14-,17?,18-,21?/m1/s1. The van der Waals surface area contributed by atoms with Gasteiger partial charge in [0, 0.05) is 36.8 Å². The molecule has 2 aromatic rings. The number of aliphatic hydroxyl groups excluding tert-OH is 1. The van der Waals surface area contributed by atoms with Gasteiger partial charge in [-0.1, -0.05) is 30.7 Å². The molecule has 0 radical (unpaired) electrons. The Kier molecular flexibility index (Phi) is 7.42. The fourth-order valence-corrected chi connectivity index (χ4v) is 5.02. The van der Waals surface area contributed by atoms with Crippen molar-refractivity contribution in [1.82, 2.24) is 20.2 Å². The number of hydrogen-bond acceptors (Lipinski definition) is 7. The van der Waals surface area contributed by atoms with Crippen molar-refractivity contribution in [2.45, 2.75) is 43.6 Å². The van der Waals surface area contributed by atoms with Crippen LogP contribution in [-0.4, -0.2) is 71.3 Å². The van der Waals surface area contributed by atoms with Crippen LogP contribution in [0.15, 0.2) is 30.6 Å². The van der Waals surface area contributed by atoms with E-state index in [2.05, 4.69) is 20.2 Å². The lowest BCUT2D eigenvalue weighted by atomic mass is 9.95. The molecule has 1 aliphatic heterocycles. The highest BCUT2D eigenvalue weighted by Gasteiger charge is 2.37. The van der Waals surface area contributed by atoms with Crippen molar-refractivity contribution in [3.05, 3.63) is 52.4 Å². The molecule has 2 heterocycles. The average molecular weight is 498 g/mol. The van der Waals surface area contributed by atoms with Crippen LogP contribution in [0.5, 0.6) is 0 Å². The number of piperazine rings is 1. The van der Waals surface area contributed by atoms with Gasteiger partial charge in [-0.15, -0.1) is 0 Å². The predicted molar refractivity (Wildman–Crippen MR) is 122 cm³/mol. The predicted octanol–water partition coefficient (Wildman–Crippen LogP) is 3.25. The van der Waals surface area contributed by atoms with E-state index in [4.69, 9.17) is 11.6 Å². The molecular weight excluding hydrogens is 471 g/mol. The van der Waals surface area contributed by atoms with Gasteiger partial charge in [-0.05, 0) is 30.0 Å². The fourth-order valence-electron chi connectivity index (χ4n) is 4.89. The number of rotatable bonds is 7. The van der Waals surface area contributed by atoms with E-state index in [9.17, 15) is 23.1 Å². The minimum atomic E-state index is -4.41. The van der Waals surface area contributed by atoms with Crippen molar-refractivity contribution < 1.29 is 23.1 Å². The number of aliphatic hydroxyl groups is 1. The lowest BCUT2D eigenvalue weighted by Gasteiger charge is -2.42. The normalized spacial score (nSPS) is 22.9. The monoisotopic (exact) mass is 497 g/mol. The average Bonchev–Trinajstić information content (AvgIpc) is 3.11. The molecule has 1 fully saturated rings. The van der Waals surface area contributed by atoms with Crippen LogP contribution in [-0.2, 0) is 4.79 Å². The number of aldehydes is 1. The lowest BCUT2D eigenvalue weighted by Crippen LogP contribution is -2.58. The first-order valence-electron chi connectivity index (χ1n) is 11.2. The van der Waals surface area contributed by atoms with Gasteiger partial charge in [0.1, 0.15) is 18.4 Å². The molecule has 34 heavy (non-hydrogen) atoms. The largest absolute Gasteiger partial charge is 0.401 e. The van der Waals surface area contributed by atoms with Crippen molar-refractivity contribution in [3.8, 4) is 0 Å². The number of carbonyl (C=O) groups excluding carboxylic acids is 1. The van der Waals surface area contributed by atoms with Crippen LogP contribution in [0.1, 0.15) is 48.1 Å². The number of alkyl halides is 3. The van der Waals surface area contributed by atoms with Gasteiger partial charge in [-0.3, -0.25) is 10.2 Å². The van der Waals surface area contributed by atoms with Gasteiger partial charge in [-0.2, -0.15) is 13.2 Å². The van der Waals surface area contributed by atoms with Crippen LogP contribution in [0, 0.1) is 0 Å². The van der Waals surface area contributed by atoms with Crippen LogP contribution in [0.3, 0.4) is 0 Å². The lowest BCUT2D eigenvalue weighted by molar-refractivity contribution is -0.131. The first-order valence-corrected chi connectivity index (χ1v) is 11.6. The smallest absolute Gasteiger partial charge is 0.387 e. The third-order valence-electron chi connectivity index (χ3n) is 6.54. The summed E-state index contributed by atoms with van der Waals surface area (Å²) in [7, 11) is 0. The summed E-state index contributed by atoms with van der Waals surface area (Å²) in [5, 5.41) is 13.3. The molecule has 2 unspecified atom stereocenters. The Bertz CT molecular complexity index is 999. The maximum absolute atomic E-state index is 13.1. The molecule has 0 spiro atoms. The maximum Gasteiger partial charge on any atom is 0.401 e. The molecule has 1 aliphatic carbocycles. The Labute approximate surface area is 200 Å². The van der Waals surface area contributed by atoms with E-state index in [1.807, 2.05) is 11.8 Å². The third-order valence-corrected chi connectivity index (χ3v) is 6.79. The van der Waals surface area contributed by atoms with Crippen LogP contribution in [0.2, 0.25) is 5.02 Å². The second kappa shape index (κ2) is 10.2. The third kappa shape index (κ3) is 5.35. The second-order valence-corrected chi connectivity index (χ2v) is 9.26. The summed E-state index contributed by atoms with van der Waals surface area (Å²) in [6, 6.07) is 6.57. The van der Waals surface area contributed by atoms with E-state index in [0.717, 1.165) is 11.4 Å². The number of benzene rings is 1. The Morgan fingerprint density at radius 3 is 2.50 bits per heavy atom. The van der Waals surface area contributed by atoms with Gasteiger partial charge in [0.25, 0.3) is 0 Å². The minimum absolute atomic E-state index is 0.116. The van der Waals surface area contributed by atoms with Crippen molar-refractivity contribution in [1.29, 1.82) is 0 Å². The van der Waals surface area contributed by atoms with Gasteiger partial charge in [0.2, 0.25) is 0 Å². The molecular formula is C23H27ClF3N5O2. The molecule has 184 valence electrons. The summed E-state index contributed by atoms with van der Waals surface area (Å²) >= 11 is 5.95. The van der Waals surface area contributed by atoms with Gasteiger partial charge in [0.05, 0.1) is 30.4 Å². The molecule has 4 rings (SSSR count). The zero-order valence-corrected chi connectivity index (χ0v) is 19.4. The van der Waals surface area contributed by atoms with E-state index < -0.39 is 30.9 Å². The highest BCUT2D eigenvalue weighted by atomic mass is 35.5. The summed E-state index contributed by atoms with van der Waals surface area (Å²) < 4.78 is 39.2. The molecule has 0 amide bonds. The van der Waals surface area contributed by atoms with E-state index >= 15 is 0 Å². The van der Waals surface area contributed by atoms with Gasteiger partial charge in [-0.25, -0.2) is 9.97 Å². The quantitative estimate of drug-likeness (QED) is 0.568. The van der Waals surface area contributed by atoms with Crippen molar-refractivity contribution in [3.63, 3.8) is 0 Å². The molecule has 11 heteroatoms. The van der Waals surface area contributed by atoms with Crippen molar-refractivity contribution >= 4 is 23.7 Å². The molecule has 0 bridgehead atoms. The molecule has 1 saturated heterocycles. The molecule has 1 aromatic carbocycles. The van der Waals surface area contributed by atoms with E-state index in [-0.39, 0.29) is 5.92 Å². The number of fused-ring (bicyclic) bond motifs is 1. The molecule has 1 aromatic heterocycles. The minimum Gasteiger partial charge on any atom is -0.387 e. The summed E-state index contributed by atoms with van der Waals surface area (Å²) in [5.74, 6) is 0.0764. The Hall–Kier alpha value is -2.27. The highest BCUT2D eigenvalue weighted by molar-refractivity contribution is 6.30. The molecule has 2 N–H and O–H groups in total. The Morgan fingerprint density at radius 2 is 1.88 bits per heavy atom. The zero-order chi connectivity index (χ0) is 24.5. The van der Waals surface area contributed by atoms with Crippen molar-refractivity contribution in [2.75, 3.05) is 37.6 Å². The Balaban J connectivity index is 1.53. The summed E-state index contributed by atoms with van der Waals surface area (Å²) in [4.78, 5) is 24.7. The number of anilines is 1.